The largest absolute Gasteiger partial charge is 0.480 e. The van der Waals surface area contributed by atoms with Crippen LogP contribution in [0.15, 0.2) is 0 Å². The van der Waals surface area contributed by atoms with E-state index >= 15 is 0 Å². The van der Waals surface area contributed by atoms with Gasteiger partial charge >= 0.3 is 5.97 Å². The molecule has 1 fully saturated rings. The van der Waals surface area contributed by atoms with Crippen molar-refractivity contribution in [2.45, 2.75) is 25.8 Å². The number of carboxylic acids is 1. The molecule has 0 amide bonds. The van der Waals surface area contributed by atoms with Gasteiger partial charge in [-0.05, 0) is 26.3 Å². The third-order valence-corrected chi connectivity index (χ3v) is 2.17. The van der Waals surface area contributed by atoms with Gasteiger partial charge in [-0.3, -0.25) is 14.5 Å². The maximum absolute atomic E-state index is 11.0. The van der Waals surface area contributed by atoms with Crippen LogP contribution in [0.25, 0.3) is 0 Å². The summed E-state index contributed by atoms with van der Waals surface area (Å²) in [6.45, 7) is 2.24. The second-order valence-corrected chi connectivity index (χ2v) is 3.13. The van der Waals surface area contributed by atoms with Crippen LogP contribution in [0.4, 0.5) is 0 Å². The van der Waals surface area contributed by atoms with Crippen LogP contribution < -0.4 is 0 Å². The quantitative estimate of drug-likeness (QED) is 0.655. The molecule has 1 aliphatic heterocycles. The van der Waals surface area contributed by atoms with Crippen LogP contribution in [0.5, 0.6) is 0 Å². The summed E-state index contributed by atoms with van der Waals surface area (Å²) in [5, 5.41) is 8.52. The van der Waals surface area contributed by atoms with E-state index < -0.39 is 5.97 Å². The minimum Gasteiger partial charge on any atom is -0.480 e. The number of hydrogen-bond donors (Lipinski definition) is 1. The number of nitrogens with zero attached hydrogens (tertiary/aromatic N) is 1. The van der Waals surface area contributed by atoms with E-state index in [0.29, 0.717) is 0 Å². The molecule has 1 N–H and O–H groups in total. The SMILES string of the molecule is CC(=O)[C@H]1CCCN1CC(=O)O. The van der Waals surface area contributed by atoms with E-state index in [4.69, 9.17) is 5.11 Å². The first-order valence-electron chi connectivity index (χ1n) is 4.07. The van der Waals surface area contributed by atoms with Crippen molar-refractivity contribution in [3.63, 3.8) is 0 Å². The molecule has 0 aliphatic carbocycles. The summed E-state index contributed by atoms with van der Waals surface area (Å²) < 4.78 is 0. The summed E-state index contributed by atoms with van der Waals surface area (Å²) in [6, 6.07) is -0.152. The Kier molecular flexibility index (Phi) is 2.81. The van der Waals surface area contributed by atoms with Crippen LogP contribution in [-0.4, -0.2) is 40.9 Å². The van der Waals surface area contributed by atoms with Gasteiger partial charge < -0.3 is 5.11 Å². The molecular weight excluding hydrogens is 158 g/mol. The molecule has 0 radical (unpaired) electrons. The molecule has 0 bridgehead atoms. The number of carbonyl (C=O) groups is 2. The minimum absolute atomic E-state index is 0.00968. The summed E-state index contributed by atoms with van der Waals surface area (Å²) in [6.07, 6.45) is 1.74. The van der Waals surface area contributed by atoms with Crippen LogP contribution in [0.3, 0.4) is 0 Å². The molecule has 12 heavy (non-hydrogen) atoms. The lowest BCUT2D eigenvalue weighted by Gasteiger charge is -2.19. The zero-order valence-corrected chi connectivity index (χ0v) is 7.12. The normalized spacial score (nSPS) is 24.2. The average Bonchev–Trinajstić information content (AvgIpc) is 2.33. The monoisotopic (exact) mass is 171 g/mol. The van der Waals surface area contributed by atoms with Crippen LogP contribution >= 0.6 is 0 Å². The van der Waals surface area contributed by atoms with Gasteiger partial charge in [-0.1, -0.05) is 0 Å². The molecule has 0 saturated carbocycles. The van der Waals surface area contributed by atoms with Crippen LogP contribution in [0, 0.1) is 0 Å². The van der Waals surface area contributed by atoms with E-state index in [-0.39, 0.29) is 18.4 Å². The van der Waals surface area contributed by atoms with E-state index in [9.17, 15) is 9.59 Å². The fourth-order valence-corrected chi connectivity index (χ4v) is 1.65. The van der Waals surface area contributed by atoms with E-state index in [1.165, 1.54) is 6.92 Å². The number of aliphatic carboxylic acids is 1. The molecular formula is C8H13NO3. The van der Waals surface area contributed by atoms with Crippen molar-refractivity contribution in [3.8, 4) is 0 Å². The van der Waals surface area contributed by atoms with E-state index in [1.54, 1.807) is 4.90 Å². The van der Waals surface area contributed by atoms with Gasteiger partial charge in [-0.15, -0.1) is 0 Å². The highest BCUT2D eigenvalue weighted by atomic mass is 16.4. The predicted octanol–water partition coefficient (Wildman–Crippen LogP) is 0.124. The Morgan fingerprint density at radius 1 is 1.58 bits per heavy atom. The van der Waals surface area contributed by atoms with Gasteiger partial charge in [0.25, 0.3) is 0 Å². The van der Waals surface area contributed by atoms with E-state index in [2.05, 4.69) is 0 Å². The van der Waals surface area contributed by atoms with Gasteiger partial charge in [-0.25, -0.2) is 0 Å². The molecule has 1 saturated heterocycles. The zero-order valence-electron chi connectivity index (χ0n) is 7.12. The Morgan fingerprint density at radius 3 is 2.75 bits per heavy atom. The van der Waals surface area contributed by atoms with Crippen molar-refractivity contribution in [3.05, 3.63) is 0 Å². The van der Waals surface area contributed by atoms with Crippen molar-refractivity contribution in [1.29, 1.82) is 0 Å². The van der Waals surface area contributed by atoms with Crippen molar-refractivity contribution in [2.24, 2.45) is 0 Å². The molecule has 68 valence electrons. The first-order chi connectivity index (χ1) is 5.61. The predicted molar refractivity (Wildman–Crippen MR) is 42.9 cm³/mol. The van der Waals surface area contributed by atoms with Crippen LogP contribution in [0.2, 0.25) is 0 Å². The van der Waals surface area contributed by atoms with Crippen molar-refractivity contribution in [2.75, 3.05) is 13.1 Å². The Morgan fingerprint density at radius 2 is 2.25 bits per heavy atom. The zero-order chi connectivity index (χ0) is 9.14. The van der Waals surface area contributed by atoms with E-state index in [1.807, 2.05) is 0 Å². The summed E-state index contributed by atoms with van der Waals surface area (Å²) in [4.78, 5) is 23.1. The standard InChI is InChI=1S/C8H13NO3/c1-6(10)7-3-2-4-9(7)5-8(11)12/h7H,2-5H2,1H3,(H,11,12)/t7-/m1/s1. The number of carboxylic acid groups (broad SMARTS) is 1. The number of likely N-dealkylation sites (tertiary alicyclic amines) is 1. The molecule has 4 heteroatoms. The molecule has 1 rings (SSSR count). The highest BCUT2D eigenvalue weighted by Gasteiger charge is 2.28. The third kappa shape index (κ3) is 2.04. The molecule has 0 aromatic heterocycles. The second-order valence-electron chi connectivity index (χ2n) is 3.13. The first-order valence-corrected chi connectivity index (χ1v) is 4.07. The molecule has 0 spiro atoms. The maximum atomic E-state index is 11.0. The highest BCUT2D eigenvalue weighted by Crippen LogP contribution is 2.16. The third-order valence-electron chi connectivity index (χ3n) is 2.17. The Balaban J connectivity index is 2.52. The van der Waals surface area contributed by atoms with Crippen molar-refractivity contribution < 1.29 is 14.7 Å². The lowest BCUT2D eigenvalue weighted by molar-refractivity contribution is -0.139. The van der Waals surface area contributed by atoms with Crippen LogP contribution in [-0.2, 0) is 9.59 Å². The molecule has 1 heterocycles. The summed E-state index contributed by atoms with van der Waals surface area (Å²) in [5.41, 5.74) is 0. The number of Topliss-reactive ketones (excluding diaryl/α,β-unsaturated/α-hetero) is 1. The summed E-state index contributed by atoms with van der Waals surface area (Å²) >= 11 is 0. The first kappa shape index (κ1) is 9.19. The van der Waals surface area contributed by atoms with Gasteiger partial charge in [0.15, 0.2) is 0 Å². The Labute approximate surface area is 71.2 Å². The van der Waals surface area contributed by atoms with Gasteiger partial charge in [0.05, 0.1) is 12.6 Å². The molecule has 4 nitrogen and oxygen atoms in total. The summed E-state index contributed by atoms with van der Waals surface area (Å²) in [5.74, 6) is -0.781. The number of rotatable bonds is 3. The van der Waals surface area contributed by atoms with Crippen molar-refractivity contribution >= 4 is 11.8 Å². The topological polar surface area (TPSA) is 57.6 Å². The molecule has 1 atom stereocenters. The Bertz CT molecular complexity index is 202. The average molecular weight is 171 g/mol. The lowest BCUT2D eigenvalue weighted by Crippen LogP contribution is -2.38. The smallest absolute Gasteiger partial charge is 0.317 e. The molecule has 1 aliphatic rings. The molecule has 0 aromatic rings. The van der Waals surface area contributed by atoms with Gasteiger partial charge in [0.2, 0.25) is 0 Å². The lowest BCUT2D eigenvalue weighted by atomic mass is 10.1. The summed E-state index contributed by atoms with van der Waals surface area (Å²) in [7, 11) is 0. The fraction of sp³-hybridized carbons (Fsp3) is 0.750. The van der Waals surface area contributed by atoms with Gasteiger partial charge in [-0.2, -0.15) is 0 Å². The van der Waals surface area contributed by atoms with E-state index in [0.717, 1.165) is 19.4 Å². The fourth-order valence-electron chi connectivity index (χ4n) is 1.65. The van der Waals surface area contributed by atoms with Gasteiger partial charge in [0, 0.05) is 0 Å². The Hall–Kier alpha value is -0.900. The number of ketones is 1. The second kappa shape index (κ2) is 3.67. The highest BCUT2D eigenvalue weighted by molar-refractivity contribution is 5.82. The van der Waals surface area contributed by atoms with Crippen molar-refractivity contribution in [1.82, 2.24) is 4.90 Å². The maximum Gasteiger partial charge on any atom is 0.317 e. The molecule has 0 unspecified atom stereocenters. The van der Waals surface area contributed by atoms with Gasteiger partial charge in [0.1, 0.15) is 5.78 Å². The minimum atomic E-state index is -0.858. The number of hydrogen-bond acceptors (Lipinski definition) is 3. The number of carbonyl (C=O) groups excluding carboxylic acids is 1. The molecule has 0 aromatic carbocycles. The van der Waals surface area contributed by atoms with Crippen LogP contribution in [0.1, 0.15) is 19.8 Å².